The summed E-state index contributed by atoms with van der Waals surface area (Å²) in [5.41, 5.74) is 10.2. The van der Waals surface area contributed by atoms with Gasteiger partial charge in [-0.3, -0.25) is 9.79 Å². The molecule has 0 heterocycles. The number of hydrogen-bond donors (Lipinski definition) is 4. The number of hydrogen-bond acceptors (Lipinski definition) is 3. The standard InChI is InChI=1S/C8H16N4O3.2CH4.H2/c1-5(13)12-6(7(14)15)3-2-4-11-8(9)10;;;/h6H,2-4H2,1H3,(H,12,13)(H,14,15)(H4,9,10,11);2*1H4;1H. The van der Waals surface area contributed by atoms with Crippen LogP contribution >= 0.6 is 0 Å². The number of aliphatic carboxylic acids is 1. The third-order valence-electron chi connectivity index (χ3n) is 1.62. The average Bonchev–Trinajstić information content (AvgIpc) is 2.08. The van der Waals surface area contributed by atoms with E-state index in [4.69, 9.17) is 16.6 Å². The molecule has 0 aliphatic rings. The number of aliphatic imine (C=N–C) groups is 1. The van der Waals surface area contributed by atoms with Crippen LogP contribution in [-0.4, -0.2) is 35.5 Å². The maximum absolute atomic E-state index is 10.7. The Labute approximate surface area is 104 Å². The van der Waals surface area contributed by atoms with Crippen molar-refractivity contribution in [1.82, 2.24) is 5.32 Å². The first-order chi connectivity index (χ1) is 6.93. The molecule has 1 atom stereocenters. The van der Waals surface area contributed by atoms with Crippen LogP contribution in [0, 0.1) is 0 Å². The molecule has 0 saturated heterocycles. The Balaban J connectivity index is -0.000000327. The summed E-state index contributed by atoms with van der Waals surface area (Å²) in [7, 11) is 0. The number of carboxylic acids is 1. The van der Waals surface area contributed by atoms with Crippen LogP contribution in [0.3, 0.4) is 0 Å². The van der Waals surface area contributed by atoms with Crippen LogP contribution < -0.4 is 16.8 Å². The van der Waals surface area contributed by atoms with E-state index in [-0.39, 0.29) is 28.1 Å². The largest absolute Gasteiger partial charge is 0.480 e. The number of nitrogens with one attached hydrogen (secondary N) is 1. The minimum Gasteiger partial charge on any atom is -0.480 e. The van der Waals surface area contributed by atoms with E-state index in [9.17, 15) is 9.59 Å². The first-order valence-electron chi connectivity index (χ1n) is 4.48. The molecule has 0 saturated carbocycles. The maximum Gasteiger partial charge on any atom is 0.326 e. The summed E-state index contributed by atoms with van der Waals surface area (Å²) >= 11 is 0. The lowest BCUT2D eigenvalue weighted by Gasteiger charge is -2.11. The summed E-state index contributed by atoms with van der Waals surface area (Å²) < 4.78 is 0. The zero-order valence-electron chi connectivity index (χ0n) is 8.56. The lowest BCUT2D eigenvalue weighted by molar-refractivity contribution is -0.141. The number of guanidine groups is 1. The van der Waals surface area contributed by atoms with Crippen LogP contribution in [0.4, 0.5) is 0 Å². The van der Waals surface area contributed by atoms with Crippen molar-refractivity contribution in [2.45, 2.75) is 40.7 Å². The molecule has 0 fully saturated rings. The summed E-state index contributed by atoms with van der Waals surface area (Å²) in [6, 6.07) is -0.878. The van der Waals surface area contributed by atoms with E-state index in [0.29, 0.717) is 19.4 Å². The molecule has 0 bridgehead atoms. The van der Waals surface area contributed by atoms with Crippen molar-refractivity contribution < 1.29 is 16.1 Å². The highest BCUT2D eigenvalue weighted by molar-refractivity contribution is 5.82. The molecule has 0 rings (SSSR count). The predicted molar refractivity (Wildman–Crippen MR) is 70.7 cm³/mol. The Bertz CT molecular complexity index is 268. The normalized spacial score (nSPS) is 10.2. The number of nitrogens with two attached hydrogens (primary N) is 2. The van der Waals surface area contributed by atoms with Gasteiger partial charge in [0.1, 0.15) is 6.04 Å². The molecule has 0 radical (unpaired) electrons. The molecule has 0 aliphatic heterocycles. The van der Waals surface area contributed by atoms with E-state index in [1.807, 2.05) is 0 Å². The van der Waals surface area contributed by atoms with Crippen molar-refractivity contribution in [2.75, 3.05) is 6.54 Å². The van der Waals surface area contributed by atoms with Crippen LogP contribution in [0.25, 0.3) is 0 Å². The van der Waals surface area contributed by atoms with Crippen molar-refractivity contribution in [3.05, 3.63) is 0 Å². The smallest absolute Gasteiger partial charge is 0.326 e. The molecular formula is C10H26N4O3. The fourth-order valence-electron chi connectivity index (χ4n) is 1.01. The Hall–Kier alpha value is -1.79. The van der Waals surface area contributed by atoms with Gasteiger partial charge in [0.05, 0.1) is 0 Å². The summed E-state index contributed by atoms with van der Waals surface area (Å²) in [5.74, 6) is -1.46. The van der Waals surface area contributed by atoms with E-state index in [1.54, 1.807) is 0 Å². The second-order valence-electron chi connectivity index (χ2n) is 3.04. The SMILES string of the molecule is C.C.CC(=O)NC(CCCN=C(N)N)C(=O)O.[HH]. The molecule has 104 valence electrons. The highest BCUT2D eigenvalue weighted by Crippen LogP contribution is 1.98. The minimum atomic E-state index is -1.06. The lowest BCUT2D eigenvalue weighted by atomic mass is 10.1. The first kappa shape index (κ1) is 20.6. The average molecular weight is 250 g/mol. The molecule has 0 aromatic rings. The molecular weight excluding hydrogens is 224 g/mol. The number of carbonyl (C=O) groups is 2. The second kappa shape index (κ2) is 10.7. The molecule has 7 heteroatoms. The molecule has 0 aliphatic carbocycles. The molecule has 0 aromatic heterocycles. The molecule has 1 amide bonds. The van der Waals surface area contributed by atoms with Crippen molar-refractivity contribution >= 4 is 17.8 Å². The van der Waals surface area contributed by atoms with E-state index in [2.05, 4.69) is 10.3 Å². The van der Waals surface area contributed by atoms with Crippen molar-refractivity contribution in [1.29, 1.82) is 0 Å². The van der Waals surface area contributed by atoms with Gasteiger partial charge in [-0.1, -0.05) is 14.9 Å². The molecule has 0 spiro atoms. The predicted octanol–water partition coefficient (Wildman–Crippen LogP) is 0.148. The number of carboxylic acid groups (broad SMARTS) is 1. The summed E-state index contributed by atoms with van der Waals surface area (Å²) in [4.78, 5) is 25.0. The van der Waals surface area contributed by atoms with E-state index >= 15 is 0 Å². The minimum absolute atomic E-state index is 0. The fourth-order valence-corrected chi connectivity index (χ4v) is 1.01. The van der Waals surface area contributed by atoms with Gasteiger partial charge in [0, 0.05) is 14.9 Å². The lowest BCUT2D eigenvalue weighted by Crippen LogP contribution is -2.39. The molecule has 0 aromatic carbocycles. The number of nitrogens with zero attached hydrogens (tertiary/aromatic N) is 1. The molecule has 17 heavy (non-hydrogen) atoms. The zero-order valence-corrected chi connectivity index (χ0v) is 8.56. The highest BCUT2D eigenvalue weighted by Gasteiger charge is 2.17. The van der Waals surface area contributed by atoms with Crippen LogP contribution in [0.1, 0.15) is 36.0 Å². The Morgan fingerprint density at radius 2 is 1.94 bits per heavy atom. The molecule has 6 N–H and O–H groups in total. The van der Waals surface area contributed by atoms with Gasteiger partial charge in [-0.15, -0.1) is 0 Å². The van der Waals surface area contributed by atoms with Crippen LogP contribution in [-0.2, 0) is 9.59 Å². The number of rotatable bonds is 6. The van der Waals surface area contributed by atoms with Crippen molar-refractivity contribution in [3.8, 4) is 0 Å². The van der Waals surface area contributed by atoms with Gasteiger partial charge in [-0.2, -0.15) is 0 Å². The van der Waals surface area contributed by atoms with E-state index < -0.39 is 12.0 Å². The van der Waals surface area contributed by atoms with Crippen LogP contribution in [0.5, 0.6) is 0 Å². The summed E-state index contributed by atoms with van der Waals surface area (Å²) in [6.07, 6.45) is 0.792. The first-order valence-corrected chi connectivity index (χ1v) is 4.48. The second-order valence-corrected chi connectivity index (χ2v) is 3.04. The number of carbonyl (C=O) groups excluding carboxylic acids is 1. The van der Waals surface area contributed by atoms with Crippen LogP contribution in [0.2, 0.25) is 0 Å². The Morgan fingerprint density at radius 3 is 2.29 bits per heavy atom. The Morgan fingerprint density at radius 1 is 1.41 bits per heavy atom. The number of amides is 1. The van der Waals surface area contributed by atoms with Gasteiger partial charge >= 0.3 is 5.97 Å². The monoisotopic (exact) mass is 250 g/mol. The van der Waals surface area contributed by atoms with Crippen LogP contribution in [0.15, 0.2) is 4.99 Å². The molecule has 1 unspecified atom stereocenters. The van der Waals surface area contributed by atoms with Crippen molar-refractivity contribution in [3.63, 3.8) is 0 Å². The maximum atomic E-state index is 10.7. The third kappa shape index (κ3) is 12.1. The fraction of sp³-hybridized carbons (Fsp3) is 0.700. The third-order valence-corrected chi connectivity index (χ3v) is 1.62. The highest BCUT2D eigenvalue weighted by atomic mass is 16.4. The Kier molecular flexibility index (Phi) is 13.0. The zero-order chi connectivity index (χ0) is 11.8. The quantitative estimate of drug-likeness (QED) is 0.303. The van der Waals surface area contributed by atoms with Gasteiger partial charge < -0.3 is 21.9 Å². The van der Waals surface area contributed by atoms with E-state index in [1.165, 1.54) is 6.92 Å². The van der Waals surface area contributed by atoms with Gasteiger partial charge in [0.25, 0.3) is 0 Å². The van der Waals surface area contributed by atoms with Gasteiger partial charge in [0.15, 0.2) is 5.96 Å². The summed E-state index contributed by atoms with van der Waals surface area (Å²) in [6.45, 7) is 1.62. The van der Waals surface area contributed by atoms with E-state index in [0.717, 1.165) is 0 Å². The topological polar surface area (TPSA) is 131 Å². The molecule has 7 nitrogen and oxygen atoms in total. The summed E-state index contributed by atoms with van der Waals surface area (Å²) in [5, 5.41) is 11.0. The van der Waals surface area contributed by atoms with Gasteiger partial charge in [-0.05, 0) is 12.8 Å². The van der Waals surface area contributed by atoms with Crippen molar-refractivity contribution in [2.24, 2.45) is 16.5 Å². The van der Waals surface area contributed by atoms with Gasteiger partial charge in [-0.25, -0.2) is 4.79 Å². The van der Waals surface area contributed by atoms with Gasteiger partial charge in [0.2, 0.25) is 5.91 Å².